The molecule has 20 heavy (non-hydrogen) atoms. The summed E-state index contributed by atoms with van der Waals surface area (Å²) >= 11 is 0. The van der Waals surface area contributed by atoms with Gasteiger partial charge in [-0.05, 0) is 17.7 Å². The number of pyridine rings is 1. The molecule has 0 aliphatic carbocycles. The van der Waals surface area contributed by atoms with Crippen LogP contribution in [0.4, 0.5) is 0 Å². The van der Waals surface area contributed by atoms with E-state index in [1.54, 1.807) is 36.7 Å². The molecule has 2 aliphatic rings. The minimum atomic E-state index is -0.995. The van der Waals surface area contributed by atoms with Gasteiger partial charge in [-0.1, -0.05) is 12.2 Å². The molecule has 4 atom stereocenters. The highest BCUT2D eigenvalue weighted by Gasteiger charge is 2.53. The number of carbonyl (C=O) groups excluding carboxylic acids is 1. The van der Waals surface area contributed by atoms with Crippen molar-refractivity contribution in [3.05, 3.63) is 42.2 Å². The molecule has 1 amide bonds. The van der Waals surface area contributed by atoms with E-state index in [-0.39, 0.29) is 5.91 Å². The molecule has 3 heterocycles. The summed E-state index contributed by atoms with van der Waals surface area (Å²) in [4.78, 5) is 27.4. The van der Waals surface area contributed by atoms with Crippen LogP contribution in [-0.2, 0) is 20.9 Å². The summed E-state index contributed by atoms with van der Waals surface area (Å²) in [6.07, 6.45) is 5.85. The molecular weight excluding hydrogens is 260 g/mol. The Balaban J connectivity index is 1.68. The lowest BCUT2D eigenvalue weighted by molar-refractivity contribution is -0.146. The Labute approximate surface area is 115 Å². The van der Waals surface area contributed by atoms with Gasteiger partial charge in [-0.25, -0.2) is 0 Å². The molecule has 0 saturated carbocycles. The van der Waals surface area contributed by atoms with E-state index >= 15 is 0 Å². The normalized spacial score (nSPS) is 30.4. The van der Waals surface area contributed by atoms with Gasteiger partial charge in [0.1, 0.15) is 5.92 Å². The topological polar surface area (TPSA) is 88.5 Å². The zero-order chi connectivity index (χ0) is 14.1. The molecule has 6 heteroatoms. The molecule has 3 rings (SSSR count). The van der Waals surface area contributed by atoms with E-state index in [1.165, 1.54) is 0 Å². The summed E-state index contributed by atoms with van der Waals surface area (Å²) in [7, 11) is 0. The van der Waals surface area contributed by atoms with E-state index in [0.717, 1.165) is 5.56 Å². The first kappa shape index (κ1) is 12.8. The van der Waals surface area contributed by atoms with E-state index < -0.39 is 30.0 Å². The largest absolute Gasteiger partial charge is 0.481 e. The maximum absolute atomic E-state index is 12.2. The highest BCUT2D eigenvalue weighted by molar-refractivity contribution is 5.87. The lowest BCUT2D eigenvalue weighted by atomic mass is 9.82. The number of hydrogen-bond donors (Lipinski definition) is 2. The number of carboxylic acid groups (broad SMARTS) is 1. The molecular formula is C14H14N2O4. The van der Waals surface area contributed by atoms with Crippen molar-refractivity contribution in [1.82, 2.24) is 10.3 Å². The van der Waals surface area contributed by atoms with Crippen LogP contribution in [0, 0.1) is 11.8 Å². The van der Waals surface area contributed by atoms with Gasteiger partial charge in [-0.3, -0.25) is 14.6 Å². The molecule has 2 bridgehead atoms. The molecule has 1 aromatic rings. The fraction of sp³-hybridized carbons (Fsp3) is 0.357. The van der Waals surface area contributed by atoms with E-state index in [9.17, 15) is 14.7 Å². The van der Waals surface area contributed by atoms with Gasteiger partial charge in [-0.15, -0.1) is 0 Å². The van der Waals surface area contributed by atoms with Gasteiger partial charge in [0.2, 0.25) is 5.91 Å². The molecule has 2 N–H and O–H groups in total. The highest BCUT2D eigenvalue weighted by Crippen LogP contribution is 2.39. The van der Waals surface area contributed by atoms with Gasteiger partial charge in [0, 0.05) is 18.9 Å². The second-order valence-electron chi connectivity index (χ2n) is 4.91. The van der Waals surface area contributed by atoms with Crippen molar-refractivity contribution < 1.29 is 19.4 Å². The van der Waals surface area contributed by atoms with Crippen molar-refractivity contribution in [2.24, 2.45) is 11.8 Å². The summed E-state index contributed by atoms with van der Waals surface area (Å²) in [6, 6.07) is 3.60. The van der Waals surface area contributed by atoms with Crippen LogP contribution in [0.2, 0.25) is 0 Å². The number of aliphatic carboxylic acids is 1. The number of fused-ring (bicyclic) bond motifs is 2. The minimum absolute atomic E-state index is 0.286. The molecule has 1 aromatic heterocycles. The SMILES string of the molecule is O=C(O)[C@H]1[C@H](C(=O)NCc2ccncc2)[C@H]2C=C[C@@H]1O2. The van der Waals surface area contributed by atoms with Gasteiger partial charge in [0.15, 0.2) is 0 Å². The van der Waals surface area contributed by atoms with Crippen molar-refractivity contribution in [3.8, 4) is 0 Å². The van der Waals surface area contributed by atoms with Gasteiger partial charge in [-0.2, -0.15) is 0 Å². The lowest BCUT2D eigenvalue weighted by Crippen LogP contribution is -2.42. The average molecular weight is 274 g/mol. The Morgan fingerprint density at radius 1 is 1.20 bits per heavy atom. The number of ether oxygens (including phenoxy) is 1. The molecule has 0 aromatic carbocycles. The lowest BCUT2D eigenvalue weighted by Gasteiger charge is -2.20. The third-order valence-corrected chi connectivity index (χ3v) is 3.70. The van der Waals surface area contributed by atoms with Crippen LogP contribution in [0.25, 0.3) is 0 Å². The van der Waals surface area contributed by atoms with Crippen molar-refractivity contribution in [2.45, 2.75) is 18.8 Å². The van der Waals surface area contributed by atoms with Crippen molar-refractivity contribution in [3.63, 3.8) is 0 Å². The quantitative estimate of drug-likeness (QED) is 0.773. The zero-order valence-electron chi connectivity index (χ0n) is 10.6. The average Bonchev–Trinajstić information content (AvgIpc) is 3.06. The van der Waals surface area contributed by atoms with Crippen LogP contribution < -0.4 is 5.32 Å². The molecule has 0 radical (unpaired) electrons. The first-order valence-electron chi connectivity index (χ1n) is 6.40. The number of amides is 1. The summed E-state index contributed by atoms with van der Waals surface area (Å²) in [5.74, 6) is -2.75. The summed E-state index contributed by atoms with van der Waals surface area (Å²) in [5, 5.41) is 12.0. The molecule has 0 spiro atoms. The van der Waals surface area contributed by atoms with Crippen molar-refractivity contribution >= 4 is 11.9 Å². The van der Waals surface area contributed by atoms with Crippen molar-refractivity contribution in [2.75, 3.05) is 0 Å². The number of hydrogen-bond acceptors (Lipinski definition) is 4. The number of nitrogens with one attached hydrogen (secondary N) is 1. The second kappa shape index (κ2) is 5.05. The molecule has 2 aliphatic heterocycles. The Kier molecular flexibility index (Phi) is 3.23. The minimum Gasteiger partial charge on any atom is -0.481 e. The fourth-order valence-electron chi connectivity index (χ4n) is 2.72. The number of carboxylic acids is 1. The van der Waals surface area contributed by atoms with Crippen LogP contribution >= 0.6 is 0 Å². The Bertz CT molecular complexity index is 558. The predicted molar refractivity (Wildman–Crippen MR) is 68.5 cm³/mol. The van der Waals surface area contributed by atoms with E-state index in [0.29, 0.717) is 6.54 Å². The monoisotopic (exact) mass is 274 g/mol. The van der Waals surface area contributed by atoms with Crippen LogP contribution in [0.5, 0.6) is 0 Å². The summed E-state index contributed by atoms with van der Waals surface area (Å²) < 4.78 is 5.47. The predicted octanol–water partition coefficient (Wildman–Crippen LogP) is 0.352. The molecule has 6 nitrogen and oxygen atoms in total. The third-order valence-electron chi connectivity index (χ3n) is 3.70. The molecule has 1 saturated heterocycles. The van der Waals surface area contributed by atoms with E-state index in [1.807, 2.05) is 0 Å². The van der Waals surface area contributed by atoms with Crippen LogP contribution in [0.1, 0.15) is 5.56 Å². The highest BCUT2D eigenvalue weighted by atomic mass is 16.5. The molecule has 1 fully saturated rings. The summed E-state index contributed by atoms with van der Waals surface area (Å²) in [5.41, 5.74) is 0.917. The van der Waals surface area contributed by atoms with Crippen molar-refractivity contribution in [1.29, 1.82) is 0 Å². The van der Waals surface area contributed by atoms with E-state index in [4.69, 9.17) is 4.74 Å². The number of nitrogens with zero attached hydrogens (tertiary/aromatic N) is 1. The maximum Gasteiger partial charge on any atom is 0.310 e. The number of carbonyl (C=O) groups is 2. The first-order valence-corrected chi connectivity index (χ1v) is 6.40. The number of aromatic nitrogens is 1. The third kappa shape index (κ3) is 2.18. The fourth-order valence-corrected chi connectivity index (χ4v) is 2.72. The molecule has 0 unspecified atom stereocenters. The van der Waals surface area contributed by atoms with Crippen LogP contribution in [-0.4, -0.2) is 34.2 Å². The van der Waals surface area contributed by atoms with Gasteiger partial charge >= 0.3 is 5.97 Å². The smallest absolute Gasteiger partial charge is 0.310 e. The van der Waals surface area contributed by atoms with Crippen LogP contribution in [0.3, 0.4) is 0 Å². The number of rotatable bonds is 4. The Morgan fingerprint density at radius 3 is 2.50 bits per heavy atom. The van der Waals surface area contributed by atoms with E-state index in [2.05, 4.69) is 10.3 Å². The molecule has 104 valence electrons. The standard InChI is InChI=1S/C14H14N2O4/c17-13(16-7-8-3-5-15-6-4-8)11-9-1-2-10(20-9)12(11)14(18)19/h1-6,9-12H,7H2,(H,16,17)(H,18,19)/t9-,10+,11-,12-/m1/s1. The van der Waals surface area contributed by atoms with Gasteiger partial charge in [0.05, 0.1) is 18.1 Å². The Hall–Kier alpha value is -2.21. The summed E-state index contributed by atoms with van der Waals surface area (Å²) in [6.45, 7) is 0.352. The second-order valence-corrected chi connectivity index (χ2v) is 4.91. The maximum atomic E-state index is 12.2. The zero-order valence-corrected chi connectivity index (χ0v) is 10.6. The van der Waals surface area contributed by atoms with Gasteiger partial charge < -0.3 is 15.2 Å². The van der Waals surface area contributed by atoms with Gasteiger partial charge in [0.25, 0.3) is 0 Å². The first-order chi connectivity index (χ1) is 9.66. The van der Waals surface area contributed by atoms with Crippen LogP contribution in [0.15, 0.2) is 36.7 Å². The Morgan fingerprint density at radius 2 is 1.85 bits per heavy atom.